The molecule has 1 aromatic heterocycles. The van der Waals surface area contributed by atoms with E-state index in [0.717, 1.165) is 17.1 Å². The third-order valence-corrected chi connectivity index (χ3v) is 13.1. The molecule has 0 N–H and O–H groups in total. The second kappa shape index (κ2) is 12.3. The number of benzene rings is 9. The first-order valence-electron chi connectivity index (χ1n) is 19.1. The van der Waals surface area contributed by atoms with Crippen LogP contribution < -0.4 is 4.90 Å². The van der Waals surface area contributed by atoms with Gasteiger partial charge in [-0.05, 0) is 85.4 Å². The average Bonchev–Trinajstić information content (AvgIpc) is 3.74. The summed E-state index contributed by atoms with van der Waals surface area (Å²) in [5.74, 6) is 0. The molecule has 11 rings (SSSR count). The molecule has 0 amide bonds. The summed E-state index contributed by atoms with van der Waals surface area (Å²) in [4.78, 5) is 2.43. The van der Waals surface area contributed by atoms with Gasteiger partial charge in [0.15, 0.2) is 0 Å². The van der Waals surface area contributed by atoms with Crippen LogP contribution in [0.2, 0.25) is 0 Å². The summed E-state index contributed by atoms with van der Waals surface area (Å²) in [6.45, 7) is 4.73. The lowest BCUT2D eigenvalue weighted by Crippen LogP contribution is -2.14. The first-order chi connectivity index (χ1) is 27.0. The molecule has 1 nitrogen and oxygen atoms in total. The zero-order valence-corrected chi connectivity index (χ0v) is 31.6. The molecule has 0 atom stereocenters. The normalized spacial score (nSPS) is 13.1. The summed E-state index contributed by atoms with van der Waals surface area (Å²) in [7, 11) is 0. The maximum atomic E-state index is 2.43. The van der Waals surface area contributed by atoms with E-state index in [9.17, 15) is 0 Å². The van der Waals surface area contributed by atoms with E-state index in [-0.39, 0.29) is 5.41 Å². The highest BCUT2D eigenvalue weighted by atomic mass is 32.1. The van der Waals surface area contributed by atoms with Crippen LogP contribution in [0.1, 0.15) is 25.0 Å². The Labute approximate surface area is 325 Å². The summed E-state index contributed by atoms with van der Waals surface area (Å²) < 4.78 is 2.73. The molecule has 0 saturated carbocycles. The Hall–Kier alpha value is -6.48. The van der Waals surface area contributed by atoms with Crippen molar-refractivity contribution in [2.24, 2.45) is 0 Å². The average molecular weight is 720 g/mol. The molecule has 9 aromatic carbocycles. The molecule has 1 heterocycles. The van der Waals surface area contributed by atoms with Gasteiger partial charge in [-0.2, -0.15) is 0 Å². The lowest BCUT2D eigenvalue weighted by Gasteiger charge is -2.28. The Kier molecular flexibility index (Phi) is 7.14. The smallest absolute Gasteiger partial charge is 0.0546 e. The molecule has 0 saturated heterocycles. The number of nitrogens with zero attached hydrogens (tertiary/aromatic N) is 1. The van der Waals surface area contributed by atoms with Gasteiger partial charge in [-0.3, -0.25) is 0 Å². The monoisotopic (exact) mass is 719 g/mol. The van der Waals surface area contributed by atoms with Crippen LogP contribution >= 0.6 is 11.3 Å². The van der Waals surface area contributed by atoms with Crippen molar-refractivity contribution in [1.82, 2.24) is 0 Å². The van der Waals surface area contributed by atoms with Gasteiger partial charge < -0.3 is 4.90 Å². The third-order valence-electron chi connectivity index (χ3n) is 11.9. The highest BCUT2D eigenvalue weighted by Crippen LogP contribution is 2.54. The molecule has 1 aliphatic rings. The maximum absolute atomic E-state index is 2.43. The fraction of sp³-hybridized carbons (Fsp3) is 0.0566. The summed E-state index contributed by atoms with van der Waals surface area (Å²) in [6, 6.07) is 69.3. The summed E-state index contributed by atoms with van der Waals surface area (Å²) >= 11 is 1.95. The van der Waals surface area contributed by atoms with E-state index in [2.05, 4.69) is 207 Å². The topological polar surface area (TPSA) is 3.24 Å². The minimum Gasteiger partial charge on any atom is -0.310 e. The second-order valence-electron chi connectivity index (χ2n) is 15.3. The predicted octanol–water partition coefficient (Wildman–Crippen LogP) is 15.5. The molecule has 2 heteroatoms. The Morgan fingerprint density at radius 1 is 0.400 bits per heavy atom. The van der Waals surface area contributed by atoms with Crippen molar-refractivity contribution in [1.29, 1.82) is 0 Å². The predicted molar refractivity (Wildman–Crippen MR) is 237 cm³/mol. The van der Waals surface area contributed by atoms with E-state index in [0.29, 0.717) is 0 Å². The summed E-state index contributed by atoms with van der Waals surface area (Å²) in [6.07, 6.45) is 0. The summed E-state index contributed by atoms with van der Waals surface area (Å²) in [5.41, 5.74) is 14.0. The highest BCUT2D eigenvalue weighted by molar-refractivity contribution is 7.27. The van der Waals surface area contributed by atoms with Crippen molar-refractivity contribution in [3.63, 3.8) is 0 Å². The van der Waals surface area contributed by atoms with E-state index in [4.69, 9.17) is 0 Å². The highest BCUT2D eigenvalue weighted by Gasteiger charge is 2.36. The fourth-order valence-electron chi connectivity index (χ4n) is 9.14. The summed E-state index contributed by atoms with van der Waals surface area (Å²) in [5, 5.41) is 7.66. The van der Waals surface area contributed by atoms with E-state index in [1.54, 1.807) is 0 Å². The van der Waals surface area contributed by atoms with Gasteiger partial charge in [0, 0.05) is 47.9 Å². The van der Waals surface area contributed by atoms with Crippen LogP contribution in [0.3, 0.4) is 0 Å². The van der Waals surface area contributed by atoms with Crippen molar-refractivity contribution in [3.05, 3.63) is 199 Å². The van der Waals surface area contributed by atoms with Crippen LogP contribution in [0.25, 0.3) is 75.1 Å². The molecular formula is C53H37NS. The van der Waals surface area contributed by atoms with Crippen molar-refractivity contribution < 1.29 is 0 Å². The van der Waals surface area contributed by atoms with Crippen molar-refractivity contribution in [2.45, 2.75) is 19.3 Å². The van der Waals surface area contributed by atoms with Crippen LogP contribution in [0.15, 0.2) is 188 Å². The number of anilines is 3. The Bertz CT molecular complexity index is 3100. The van der Waals surface area contributed by atoms with E-state index < -0.39 is 0 Å². The molecule has 0 radical (unpaired) electrons. The van der Waals surface area contributed by atoms with Crippen LogP contribution in [0.4, 0.5) is 17.1 Å². The zero-order valence-electron chi connectivity index (χ0n) is 30.8. The first-order valence-corrected chi connectivity index (χ1v) is 19.9. The Balaban J connectivity index is 1.07. The van der Waals surface area contributed by atoms with Crippen LogP contribution in [-0.2, 0) is 5.41 Å². The van der Waals surface area contributed by atoms with Gasteiger partial charge in [0.1, 0.15) is 0 Å². The van der Waals surface area contributed by atoms with Crippen molar-refractivity contribution in [2.75, 3.05) is 4.90 Å². The van der Waals surface area contributed by atoms with E-state index in [1.165, 1.54) is 86.2 Å². The third kappa shape index (κ3) is 4.92. The molecule has 1 aliphatic carbocycles. The van der Waals surface area contributed by atoms with Gasteiger partial charge in [-0.15, -0.1) is 11.3 Å². The molecule has 10 aromatic rings. The SMILES string of the molecule is CC1(C)c2ccccc2-c2c1ccc1c2sc2c(-c3ccc(N(c4ccc(-c5ccccc5)cc4)c4cc5ccccc5c5ccccc45)cc3)cccc21. The van der Waals surface area contributed by atoms with Gasteiger partial charge in [0.05, 0.1) is 5.69 Å². The van der Waals surface area contributed by atoms with Gasteiger partial charge in [-0.25, -0.2) is 0 Å². The van der Waals surface area contributed by atoms with E-state index >= 15 is 0 Å². The van der Waals surface area contributed by atoms with Crippen LogP contribution in [0.5, 0.6) is 0 Å². The lowest BCUT2D eigenvalue weighted by molar-refractivity contribution is 0.661. The van der Waals surface area contributed by atoms with Gasteiger partial charge in [0.2, 0.25) is 0 Å². The number of thiophene rings is 1. The second-order valence-corrected chi connectivity index (χ2v) is 16.3. The molecule has 260 valence electrons. The van der Waals surface area contributed by atoms with Crippen molar-refractivity contribution in [3.8, 4) is 33.4 Å². The minimum absolute atomic E-state index is 0.0148. The van der Waals surface area contributed by atoms with Crippen molar-refractivity contribution >= 4 is 70.1 Å². The fourth-order valence-corrected chi connectivity index (χ4v) is 10.5. The maximum Gasteiger partial charge on any atom is 0.0546 e. The molecule has 0 bridgehead atoms. The van der Waals surface area contributed by atoms with Crippen LogP contribution in [0, 0.1) is 0 Å². The van der Waals surface area contributed by atoms with Gasteiger partial charge in [-0.1, -0.05) is 172 Å². The lowest BCUT2D eigenvalue weighted by atomic mass is 9.82. The molecule has 0 aliphatic heterocycles. The van der Waals surface area contributed by atoms with Gasteiger partial charge in [0.25, 0.3) is 0 Å². The van der Waals surface area contributed by atoms with E-state index in [1.807, 2.05) is 11.3 Å². The molecule has 0 unspecified atom stereocenters. The van der Waals surface area contributed by atoms with Gasteiger partial charge >= 0.3 is 0 Å². The molecule has 0 spiro atoms. The standard InChI is InChI=1S/C53H37NS/c1-53(2)47-22-11-10-19-46(47)50-48(53)32-31-45-44-21-12-20-41(51(44)55-52(45)50)36-25-29-39(30-26-36)54(38-27-23-35(24-28-38)34-13-4-3-5-14-34)49-33-37-15-6-7-16-40(37)42-17-8-9-18-43(42)49/h3-33H,1-2H3. The minimum atomic E-state index is -0.0148. The molecule has 0 fully saturated rings. The molecule has 55 heavy (non-hydrogen) atoms. The molecular weight excluding hydrogens is 683 g/mol. The zero-order chi connectivity index (χ0) is 36.7. The Morgan fingerprint density at radius 3 is 1.76 bits per heavy atom. The first kappa shape index (κ1) is 32.0. The largest absolute Gasteiger partial charge is 0.310 e. The number of hydrogen-bond acceptors (Lipinski definition) is 2. The quantitative estimate of drug-likeness (QED) is 0.160. The number of rotatable bonds is 5. The number of fused-ring (bicyclic) bond motifs is 10. The Morgan fingerprint density at radius 2 is 0.982 bits per heavy atom. The van der Waals surface area contributed by atoms with Crippen LogP contribution in [-0.4, -0.2) is 0 Å². The number of hydrogen-bond donors (Lipinski definition) is 0.